The van der Waals surface area contributed by atoms with Crippen molar-refractivity contribution in [1.82, 2.24) is 10.2 Å². The molecule has 7 heteroatoms. The Bertz CT molecular complexity index is 654. The number of hydrogen-bond acceptors (Lipinski definition) is 4. The van der Waals surface area contributed by atoms with Gasteiger partial charge in [-0.3, -0.25) is 5.10 Å². The molecule has 0 unspecified atom stereocenters. The van der Waals surface area contributed by atoms with Crippen LogP contribution in [0.2, 0.25) is 0 Å². The summed E-state index contributed by atoms with van der Waals surface area (Å²) in [5, 5.41) is 16.0. The first-order chi connectivity index (χ1) is 10.0. The van der Waals surface area contributed by atoms with E-state index in [1.54, 1.807) is 32.2 Å². The van der Waals surface area contributed by atoms with Gasteiger partial charge in [-0.05, 0) is 41.1 Å². The number of carbonyl (C=O) groups is 1. The molecule has 112 valence electrons. The van der Waals surface area contributed by atoms with E-state index >= 15 is 0 Å². The Morgan fingerprint density at radius 1 is 1.43 bits per heavy atom. The number of carboxylic acids is 1. The SMILES string of the molecule is COCCOc1ccc(-c2n[nH]c(C)c2C(=O)O)cc1Br. The smallest absolute Gasteiger partial charge is 0.339 e. The lowest BCUT2D eigenvalue weighted by Crippen LogP contribution is -2.04. The molecule has 0 saturated carbocycles. The summed E-state index contributed by atoms with van der Waals surface area (Å²) in [6.45, 7) is 2.61. The second-order valence-electron chi connectivity index (χ2n) is 4.36. The van der Waals surface area contributed by atoms with Crippen LogP contribution in [0.5, 0.6) is 5.75 Å². The van der Waals surface area contributed by atoms with Crippen molar-refractivity contribution in [3.8, 4) is 17.0 Å². The third-order valence-corrected chi connectivity index (χ3v) is 3.53. The number of hydrogen-bond donors (Lipinski definition) is 2. The number of nitrogens with zero attached hydrogens (tertiary/aromatic N) is 1. The van der Waals surface area contributed by atoms with Gasteiger partial charge in [0.1, 0.15) is 23.6 Å². The van der Waals surface area contributed by atoms with E-state index < -0.39 is 5.97 Å². The summed E-state index contributed by atoms with van der Waals surface area (Å²) in [6, 6.07) is 5.32. The lowest BCUT2D eigenvalue weighted by atomic mass is 10.1. The van der Waals surface area contributed by atoms with Gasteiger partial charge in [-0.1, -0.05) is 0 Å². The molecule has 0 fully saturated rings. The summed E-state index contributed by atoms with van der Waals surface area (Å²) in [6.07, 6.45) is 0. The zero-order chi connectivity index (χ0) is 15.4. The Morgan fingerprint density at radius 3 is 2.81 bits per heavy atom. The van der Waals surface area contributed by atoms with E-state index in [0.717, 1.165) is 4.47 Å². The van der Waals surface area contributed by atoms with Gasteiger partial charge in [-0.15, -0.1) is 0 Å². The van der Waals surface area contributed by atoms with Crippen LogP contribution in [0.3, 0.4) is 0 Å². The molecule has 0 spiro atoms. The maximum atomic E-state index is 11.3. The predicted octanol–water partition coefficient (Wildman–Crippen LogP) is 2.87. The van der Waals surface area contributed by atoms with E-state index in [0.29, 0.717) is 35.9 Å². The Hall–Kier alpha value is -1.86. The number of aromatic nitrogens is 2. The maximum absolute atomic E-state index is 11.3. The molecule has 1 aromatic heterocycles. The molecular weight excluding hydrogens is 340 g/mol. The largest absolute Gasteiger partial charge is 0.490 e. The first kappa shape index (κ1) is 15.5. The molecule has 2 aromatic rings. The Labute approximate surface area is 130 Å². The lowest BCUT2D eigenvalue weighted by Gasteiger charge is -2.09. The fraction of sp³-hybridized carbons (Fsp3) is 0.286. The molecule has 2 rings (SSSR count). The molecular formula is C14H15BrN2O4. The van der Waals surface area contributed by atoms with Crippen LogP contribution in [0.25, 0.3) is 11.3 Å². The van der Waals surface area contributed by atoms with Crippen molar-refractivity contribution in [2.75, 3.05) is 20.3 Å². The van der Waals surface area contributed by atoms with E-state index in [4.69, 9.17) is 9.47 Å². The molecule has 0 amide bonds. The lowest BCUT2D eigenvalue weighted by molar-refractivity contribution is 0.0697. The summed E-state index contributed by atoms with van der Waals surface area (Å²) >= 11 is 3.41. The molecule has 0 radical (unpaired) electrons. The predicted molar refractivity (Wildman–Crippen MR) is 80.8 cm³/mol. The number of H-pyrrole nitrogens is 1. The molecule has 0 bridgehead atoms. The van der Waals surface area contributed by atoms with Crippen LogP contribution < -0.4 is 4.74 Å². The number of nitrogens with one attached hydrogen (secondary N) is 1. The number of aryl methyl sites for hydroxylation is 1. The number of halogens is 1. The van der Waals surface area contributed by atoms with Crippen LogP contribution in [0.4, 0.5) is 0 Å². The van der Waals surface area contributed by atoms with Gasteiger partial charge in [-0.2, -0.15) is 5.10 Å². The summed E-state index contributed by atoms with van der Waals surface area (Å²) in [5.41, 5.74) is 1.80. The van der Waals surface area contributed by atoms with Gasteiger partial charge in [0.05, 0.1) is 11.1 Å². The molecule has 6 nitrogen and oxygen atoms in total. The van der Waals surface area contributed by atoms with Crippen LogP contribution >= 0.6 is 15.9 Å². The molecule has 0 aliphatic carbocycles. The first-order valence-electron chi connectivity index (χ1n) is 6.24. The van der Waals surface area contributed by atoms with Gasteiger partial charge in [0.15, 0.2) is 0 Å². The van der Waals surface area contributed by atoms with Gasteiger partial charge in [-0.25, -0.2) is 4.79 Å². The monoisotopic (exact) mass is 354 g/mol. The van der Waals surface area contributed by atoms with Gasteiger partial charge in [0, 0.05) is 18.4 Å². The quantitative estimate of drug-likeness (QED) is 0.779. The topological polar surface area (TPSA) is 84.4 Å². The Morgan fingerprint density at radius 2 is 2.19 bits per heavy atom. The molecule has 0 aliphatic rings. The maximum Gasteiger partial charge on any atom is 0.339 e. The van der Waals surface area contributed by atoms with Gasteiger partial charge in [0.25, 0.3) is 0 Å². The zero-order valence-electron chi connectivity index (χ0n) is 11.6. The highest BCUT2D eigenvalue weighted by Crippen LogP contribution is 2.32. The molecule has 0 atom stereocenters. The van der Waals surface area contributed by atoms with Crippen molar-refractivity contribution in [1.29, 1.82) is 0 Å². The number of carboxylic acid groups (broad SMARTS) is 1. The average Bonchev–Trinajstić information content (AvgIpc) is 2.82. The summed E-state index contributed by atoms with van der Waals surface area (Å²) in [5.74, 6) is -0.340. The van der Waals surface area contributed by atoms with Crippen LogP contribution in [0.15, 0.2) is 22.7 Å². The molecule has 0 aliphatic heterocycles. The highest BCUT2D eigenvalue weighted by Gasteiger charge is 2.19. The van der Waals surface area contributed by atoms with E-state index in [1.165, 1.54) is 0 Å². The van der Waals surface area contributed by atoms with E-state index in [-0.39, 0.29) is 5.56 Å². The van der Waals surface area contributed by atoms with E-state index in [1.807, 2.05) is 0 Å². The second-order valence-corrected chi connectivity index (χ2v) is 5.22. The van der Waals surface area contributed by atoms with Gasteiger partial charge < -0.3 is 14.6 Å². The van der Waals surface area contributed by atoms with Gasteiger partial charge >= 0.3 is 5.97 Å². The van der Waals surface area contributed by atoms with Crippen molar-refractivity contribution in [2.45, 2.75) is 6.92 Å². The number of aromatic carboxylic acids is 1. The molecule has 21 heavy (non-hydrogen) atoms. The number of ether oxygens (including phenoxy) is 2. The number of benzene rings is 1. The van der Waals surface area contributed by atoms with Crippen molar-refractivity contribution in [2.24, 2.45) is 0 Å². The summed E-state index contributed by atoms with van der Waals surface area (Å²) in [7, 11) is 1.61. The molecule has 0 saturated heterocycles. The van der Waals surface area contributed by atoms with E-state index in [2.05, 4.69) is 26.1 Å². The highest BCUT2D eigenvalue weighted by atomic mass is 79.9. The van der Waals surface area contributed by atoms with Crippen LogP contribution in [-0.4, -0.2) is 41.6 Å². The highest BCUT2D eigenvalue weighted by molar-refractivity contribution is 9.10. The van der Waals surface area contributed by atoms with Crippen molar-refractivity contribution in [3.63, 3.8) is 0 Å². The van der Waals surface area contributed by atoms with Crippen LogP contribution in [-0.2, 0) is 4.74 Å². The number of aromatic amines is 1. The van der Waals surface area contributed by atoms with Crippen LogP contribution in [0.1, 0.15) is 16.1 Å². The Balaban J connectivity index is 2.30. The second kappa shape index (κ2) is 6.73. The Kier molecular flexibility index (Phi) is 4.98. The first-order valence-corrected chi connectivity index (χ1v) is 7.03. The minimum Gasteiger partial charge on any atom is -0.490 e. The molecule has 1 aromatic carbocycles. The van der Waals surface area contributed by atoms with Crippen molar-refractivity contribution >= 4 is 21.9 Å². The standard InChI is InChI=1S/C14H15BrN2O4/c1-8-12(14(18)19)13(17-16-8)9-3-4-11(10(15)7-9)21-6-5-20-2/h3-4,7H,5-6H2,1-2H3,(H,16,17)(H,18,19). The fourth-order valence-corrected chi connectivity index (χ4v) is 2.39. The molecule has 2 N–H and O–H groups in total. The summed E-state index contributed by atoms with van der Waals surface area (Å²) < 4.78 is 11.2. The average molecular weight is 355 g/mol. The van der Waals surface area contributed by atoms with Crippen molar-refractivity contribution in [3.05, 3.63) is 33.9 Å². The van der Waals surface area contributed by atoms with Gasteiger partial charge in [0.2, 0.25) is 0 Å². The minimum absolute atomic E-state index is 0.176. The minimum atomic E-state index is -1.01. The molecule has 1 heterocycles. The number of rotatable bonds is 6. The van der Waals surface area contributed by atoms with Crippen molar-refractivity contribution < 1.29 is 19.4 Å². The third-order valence-electron chi connectivity index (χ3n) is 2.91. The zero-order valence-corrected chi connectivity index (χ0v) is 13.2. The van der Waals surface area contributed by atoms with E-state index in [9.17, 15) is 9.90 Å². The fourth-order valence-electron chi connectivity index (χ4n) is 1.90. The normalized spacial score (nSPS) is 10.6. The van der Waals surface area contributed by atoms with Crippen LogP contribution in [0, 0.1) is 6.92 Å². The third kappa shape index (κ3) is 3.43. The number of methoxy groups -OCH3 is 1. The summed E-state index contributed by atoms with van der Waals surface area (Å²) in [4.78, 5) is 11.3.